The van der Waals surface area contributed by atoms with Gasteiger partial charge in [0.05, 0.1) is 23.7 Å². The molecule has 0 atom stereocenters. The molecule has 162 valence electrons. The van der Waals surface area contributed by atoms with E-state index >= 15 is 0 Å². The van der Waals surface area contributed by atoms with Crippen LogP contribution in [0.3, 0.4) is 0 Å². The molecule has 0 bridgehead atoms. The van der Waals surface area contributed by atoms with E-state index in [9.17, 15) is 9.59 Å². The second kappa shape index (κ2) is 10.5. The molecule has 0 unspecified atom stereocenters. The molecule has 2 aromatic carbocycles. The SMILES string of the molecule is CC/C=C/CCOc1ccc2c(OC(C)C)c(OC(=O)c3ccccc3)c(=O)oc2c1. The van der Waals surface area contributed by atoms with Gasteiger partial charge >= 0.3 is 11.6 Å². The third-order valence-corrected chi connectivity index (χ3v) is 4.31. The average Bonchev–Trinajstić information content (AvgIpc) is 2.76. The summed E-state index contributed by atoms with van der Waals surface area (Å²) in [5.74, 6) is -0.192. The Kier molecular flexibility index (Phi) is 7.49. The number of hydrogen-bond donors (Lipinski definition) is 0. The molecule has 1 heterocycles. The third kappa shape index (κ3) is 5.75. The topological polar surface area (TPSA) is 75.0 Å². The van der Waals surface area contributed by atoms with Crippen molar-refractivity contribution in [1.29, 1.82) is 0 Å². The van der Waals surface area contributed by atoms with Gasteiger partial charge in [-0.3, -0.25) is 0 Å². The molecule has 0 aliphatic heterocycles. The highest BCUT2D eigenvalue weighted by Crippen LogP contribution is 2.35. The Morgan fingerprint density at radius 3 is 2.55 bits per heavy atom. The predicted molar refractivity (Wildman–Crippen MR) is 119 cm³/mol. The number of benzene rings is 2. The monoisotopic (exact) mass is 422 g/mol. The van der Waals surface area contributed by atoms with Crippen LogP contribution in [-0.4, -0.2) is 18.7 Å². The molecular weight excluding hydrogens is 396 g/mol. The van der Waals surface area contributed by atoms with Crippen molar-refractivity contribution in [2.45, 2.75) is 39.7 Å². The summed E-state index contributed by atoms with van der Waals surface area (Å²) in [5, 5.41) is 0.516. The van der Waals surface area contributed by atoms with Gasteiger partial charge in [-0.2, -0.15) is 0 Å². The van der Waals surface area contributed by atoms with Gasteiger partial charge < -0.3 is 18.6 Å². The Morgan fingerprint density at radius 1 is 1.06 bits per heavy atom. The van der Waals surface area contributed by atoms with Crippen molar-refractivity contribution >= 4 is 16.9 Å². The maximum atomic E-state index is 12.7. The number of fused-ring (bicyclic) bond motifs is 1. The molecule has 0 aliphatic rings. The molecule has 0 spiro atoms. The van der Waals surface area contributed by atoms with E-state index in [4.69, 9.17) is 18.6 Å². The van der Waals surface area contributed by atoms with Gasteiger partial charge in [-0.1, -0.05) is 37.3 Å². The van der Waals surface area contributed by atoms with Crippen LogP contribution in [0, 0.1) is 0 Å². The van der Waals surface area contributed by atoms with E-state index in [1.807, 2.05) is 13.8 Å². The Balaban J connectivity index is 1.94. The van der Waals surface area contributed by atoms with Crippen LogP contribution in [0.5, 0.6) is 17.2 Å². The van der Waals surface area contributed by atoms with Crippen LogP contribution >= 0.6 is 0 Å². The molecule has 0 radical (unpaired) electrons. The molecule has 0 saturated carbocycles. The Hall–Kier alpha value is -3.54. The lowest BCUT2D eigenvalue weighted by Gasteiger charge is -2.15. The van der Waals surface area contributed by atoms with E-state index in [1.54, 1.807) is 48.5 Å². The summed E-state index contributed by atoms with van der Waals surface area (Å²) in [4.78, 5) is 25.2. The highest BCUT2D eigenvalue weighted by atomic mass is 16.6. The second-order valence-electron chi connectivity index (χ2n) is 7.14. The zero-order valence-electron chi connectivity index (χ0n) is 17.9. The molecular formula is C25H26O6. The van der Waals surface area contributed by atoms with Gasteiger partial charge in [0.25, 0.3) is 5.75 Å². The molecule has 1 aromatic heterocycles. The molecule has 0 fully saturated rings. The number of carbonyl (C=O) groups excluding carboxylic acids is 1. The largest absolute Gasteiger partial charge is 0.493 e. The summed E-state index contributed by atoms with van der Waals surface area (Å²) in [6.07, 6.45) is 5.66. The fourth-order valence-electron chi connectivity index (χ4n) is 2.92. The second-order valence-corrected chi connectivity index (χ2v) is 7.14. The number of esters is 1. The van der Waals surface area contributed by atoms with E-state index in [0.29, 0.717) is 28.9 Å². The van der Waals surface area contributed by atoms with Crippen LogP contribution < -0.4 is 19.8 Å². The molecule has 6 heteroatoms. The quantitative estimate of drug-likeness (QED) is 0.195. The Morgan fingerprint density at radius 2 is 1.84 bits per heavy atom. The summed E-state index contributed by atoms with van der Waals surface area (Å²) >= 11 is 0. The molecule has 0 N–H and O–H groups in total. The Bertz CT molecular complexity index is 1110. The lowest BCUT2D eigenvalue weighted by molar-refractivity contribution is 0.0718. The first-order chi connectivity index (χ1) is 15.0. The normalized spacial score (nSPS) is 11.2. The highest BCUT2D eigenvalue weighted by molar-refractivity contribution is 5.93. The van der Waals surface area contributed by atoms with E-state index in [1.165, 1.54) is 0 Å². The number of carbonyl (C=O) groups is 1. The summed E-state index contributed by atoms with van der Waals surface area (Å²) in [5.41, 5.74) is -0.185. The van der Waals surface area contributed by atoms with Crippen LogP contribution in [0.1, 0.15) is 44.0 Å². The van der Waals surface area contributed by atoms with E-state index in [-0.39, 0.29) is 17.6 Å². The third-order valence-electron chi connectivity index (χ3n) is 4.31. The highest BCUT2D eigenvalue weighted by Gasteiger charge is 2.22. The first kappa shape index (κ1) is 22.2. The molecule has 0 aliphatic carbocycles. The Labute approximate surface area is 181 Å². The number of hydrogen-bond acceptors (Lipinski definition) is 6. The van der Waals surface area contributed by atoms with Crippen LogP contribution in [0.15, 0.2) is 69.9 Å². The molecule has 0 saturated heterocycles. The van der Waals surface area contributed by atoms with E-state index in [0.717, 1.165) is 12.8 Å². The lowest BCUT2D eigenvalue weighted by atomic mass is 10.2. The van der Waals surface area contributed by atoms with Gasteiger partial charge in [0, 0.05) is 6.07 Å². The van der Waals surface area contributed by atoms with Crippen molar-refractivity contribution in [2.24, 2.45) is 0 Å². The summed E-state index contributed by atoms with van der Waals surface area (Å²) in [6, 6.07) is 13.6. The van der Waals surface area contributed by atoms with Crippen LogP contribution in [0.4, 0.5) is 0 Å². The van der Waals surface area contributed by atoms with Crippen LogP contribution in [-0.2, 0) is 0 Å². The summed E-state index contributed by atoms with van der Waals surface area (Å²) in [6.45, 7) is 6.23. The minimum absolute atomic E-state index is 0.169. The number of rotatable bonds is 9. The smallest absolute Gasteiger partial charge is 0.383 e. The van der Waals surface area contributed by atoms with Crippen molar-refractivity contribution in [3.05, 3.63) is 76.7 Å². The number of ether oxygens (including phenoxy) is 3. The van der Waals surface area contributed by atoms with E-state index in [2.05, 4.69) is 19.1 Å². The fourth-order valence-corrected chi connectivity index (χ4v) is 2.92. The van der Waals surface area contributed by atoms with Crippen molar-refractivity contribution in [3.8, 4) is 17.2 Å². The first-order valence-electron chi connectivity index (χ1n) is 10.3. The van der Waals surface area contributed by atoms with Crippen LogP contribution in [0.25, 0.3) is 11.0 Å². The number of allylic oxidation sites excluding steroid dienone is 1. The van der Waals surface area contributed by atoms with Crippen molar-refractivity contribution in [1.82, 2.24) is 0 Å². The van der Waals surface area contributed by atoms with Gasteiger partial charge in [-0.15, -0.1) is 0 Å². The van der Waals surface area contributed by atoms with Crippen LogP contribution in [0.2, 0.25) is 0 Å². The van der Waals surface area contributed by atoms with E-state index < -0.39 is 11.6 Å². The van der Waals surface area contributed by atoms with Gasteiger partial charge in [0.15, 0.2) is 5.75 Å². The molecule has 3 rings (SSSR count). The van der Waals surface area contributed by atoms with Crippen molar-refractivity contribution in [2.75, 3.05) is 6.61 Å². The predicted octanol–water partition coefficient (Wildman–Crippen LogP) is 5.53. The summed E-state index contributed by atoms with van der Waals surface area (Å²) in [7, 11) is 0. The molecule has 31 heavy (non-hydrogen) atoms. The fraction of sp³-hybridized carbons (Fsp3) is 0.280. The maximum absolute atomic E-state index is 12.7. The summed E-state index contributed by atoms with van der Waals surface area (Å²) < 4.78 is 22.4. The molecule has 6 nitrogen and oxygen atoms in total. The van der Waals surface area contributed by atoms with Gasteiger partial charge in [-0.05, 0) is 51.0 Å². The maximum Gasteiger partial charge on any atom is 0.383 e. The first-order valence-corrected chi connectivity index (χ1v) is 10.3. The van der Waals surface area contributed by atoms with Crippen molar-refractivity contribution in [3.63, 3.8) is 0 Å². The average molecular weight is 422 g/mol. The standard InChI is InChI=1S/C25H26O6/c1-4-5-6-10-15-28-19-13-14-20-21(16-19)30-25(27)23(22(20)29-17(2)3)31-24(26)18-11-8-7-9-12-18/h5-9,11-14,16-17H,4,10,15H2,1-3H3/b6-5+. The molecule has 3 aromatic rings. The van der Waals surface area contributed by atoms with Gasteiger partial charge in [0.1, 0.15) is 11.3 Å². The van der Waals surface area contributed by atoms with Gasteiger partial charge in [-0.25, -0.2) is 9.59 Å². The minimum atomic E-state index is -0.796. The van der Waals surface area contributed by atoms with Gasteiger partial charge in [0.2, 0.25) is 0 Å². The van der Waals surface area contributed by atoms with Crippen molar-refractivity contribution < 1.29 is 23.4 Å². The minimum Gasteiger partial charge on any atom is -0.493 e. The zero-order valence-corrected chi connectivity index (χ0v) is 17.9. The zero-order chi connectivity index (χ0) is 22.2. The lowest BCUT2D eigenvalue weighted by Crippen LogP contribution is -2.17. The molecule has 0 amide bonds.